The van der Waals surface area contributed by atoms with E-state index < -0.39 is 17.7 Å². The number of hydrogen-bond acceptors (Lipinski definition) is 9. The maximum absolute atomic E-state index is 11.9. The summed E-state index contributed by atoms with van der Waals surface area (Å²) in [5.74, 6) is -2.50. The van der Waals surface area contributed by atoms with Gasteiger partial charge in [-0.25, -0.2) is 0 Å². The van der Waals surface area contributed by atoms with Gasteiger partial charge in [-0.05, 0) is 57.9 Å². The first-order valence-electron chi connectivity index (χ1n) is 13.7. The molecule has 0 rings (SSSR count). The van der Waals surface area contributed by atoms with Crippen molar-refractivity contribution in [1.82, 2.24) is 25.8 Å². The van der Waals surface area contributed by atoms with Crippen LogP contribution in [-0.4, -0.2) is 101 Å². The summed E-state index contributed by atoms with van der Waals surface area (Å²) in [7, 11) is 0. The molecule has 226 valence electrons. The number of hydroxylamine groups is 6. The maximum atomic E-state index is 11.9. The third kappa shape index (κ3) is 22.5. The summed E-state index contributed by atoms with van der Waals surface area (Å²) >= 11 is 0. The summed E-state index contributed by atoms with van der Waals surface area (Å²) in [5.41, 5.74) is 5.37. The second-order valence-corrected chi connectivity index (χ2v) is 9.28. The first-order chi connectivity index (χ1) is 18.6. The minimum Gasteiger partial charge on any atom is -0.756 e. The zero-order valence-corrected chi connectivity index (χ0v) is 24.9. The van der Waals surface area contributed by atoms with Gasteiger partial charge in [-0.3, -0.25) is 24.0 Å². The van der Waals surface area contributed by atoms with Gasteiger partial charge in [-0.2, -0.15) is 0 Å². The minimum absolute atomic E-state index is 0. The van der Waals surface area contributed by atoms with E-state index in [9.17, 15) is 39.6 Å². The predicted octanol–water partition coefficient (Wildman–Crippen LogP) is 0.867. The second kappa shape index (κ2) is 25.7. The summed E-state index contributed by atoms with van der Waals surface area (Å²) in [6.45, 7) is 2.69. The normalized spacial score (nSPS) is 10.3. The molecule has 0 heterocycles. The zero-order valence-electron chi connectivity index (χ0n) is 23.7. The number of unbranched alkanes of at least 4 members (excludes halogenated alkanes) is 6. The molecule has 0 saturated heterocycles. The number of hydrogen-bond donors (Lipinski definition) is 3. The van der Waals surface area contributed by atoms with Gasteiger partial charge in [0.2, 0.25) is 29.5 Å². The van der Waals surface area contributed by atoms with E-state index in [2.05, 4.69) is 10.6 Å². The van der Waals surface area contributed by atoms with Crippen molar-refractivity contribution in [3.63, 3.8) is 0 Å². The molecule has 40 heavy (non-hydrogen) atoms. The van der Waals surface area contributed by atoms with Gasteiger partial charge in [0.15, 0.2) is 0 Å². The summed E-state index contributed by atoms with van der Waals surface area (Å²) < 4.78 is 0. The van der Waals surface area contributed by atoms with Crippen molar-refractivity contribution in [2.24, 2.45) is 5.73 Å². The van der Waals surface area contributed by atoms with Gasteiger partial charge in [-0.1, -0.05) is 6.42 Å². The third-order valence-electron chi connectivity index (χ3n) is 5.83. The molecule has 0 aromatic heterocycles. The van der Waals surface area contributed by atoms with E-state index in [0.29, 0.717) is 79.8 Å². The van der Waals surface area contributed by atoms with E-state index >= 15 is 0 Å². The van der Waals surface area contributed by atoms with E-state index in [1.165, 1.54) is 6.92 Å². The number of rotatable bonds is 23. The number of nitrogens with zero attached hydrogens (tertiary/aromatic N) is 3. The Hall–Kier alpha value is -2.28. The van der Waals surface area contributed by atoms with E-state index in [-0.39, 0.29) is 74.5 Å². The number of nitrogens with one attached hydrogen (secondary N) is 2. The van der Waals surface area contributed by atoms with Crippen molar-refractivity contribution in [2.75, 3.05) is 39.3 Å². The Bertz CT molecular complexity index is 746. The Kier molecular flexibility index (Phi) is 25.6. The SMILES string of the molecule is CC(=O)N([O-])CCCCCNC(=O)CCC(=O)N([O-])CCCCCNC(=O)CCC(=O)N([O-])CCCCCN.[Al+3]. The average Bonchev–Trinajstić information content (AvgIpc) is 2.91. The Morgan fingerprint density at radius 1 is 0.575 bits per heavy atom. The number of carbonyl (C=O) groups excluding carboxylic acids is 5. The standard InChI is InChI=1S/C25H45N6O8.Al/c1-21(32)29(37)18-9-3-6-16-27-22(33)12-14-25(36)31(39)20-10-4-7-17-28-23(34)11-13-24(35)30(38)19-8-2-5-15-26;/h2-20,26H2,1H3,(H,27,33)(H,28,34);/q-3;+3. The van der Waals surface area contributed by atoms with Crippen LogP contribution in [0.1, 0.15) is 90.4 Å². The molecule has 0 fully saturated rings. The van der Waals surface area contributed by atoms with Crippen molar-refractivity contribution in [1.29, 1.82) is 0 Å². The van der Waals surface area contributed by atoms with Crippen LogP contribution >= 0.6 is 0 Å². The molecular weight excluding hydrogens is 539 g/mol. The van der Waals surface area contributed by atoms with Crippen LogP contribution in [0.25, 0.3) is 0 Å². The molecule has 0 radical (unpaired) electrons. The summed E-state index contributed by atoms with van der Waals surface area (Å²) in [4.78, 5) is 58.1. The van der Waals surface area contributed by atoms with Crippen molar-refractivity contribution in [3.8, 4) is 0 Å². The first-order valence-corrected chi connectivity index (χ1v) is 13.7. The predicted molar refractivity (Wildman–Crippen MR) is 152 cm³/mol. The molecule has 15 heteroatoms. The molecule has 0 unspecified atom stereocenters. The topological polar surface area (TPSA) is 214 Å². The van der Waals surface area contributed by atoms with Crippen LogP contribution in [0.5, 0.6) is 0 Å². The molecule has 0 spiro atoms. The number of nitrogens with two attached hydrogens (primary N) is 1. The van der Waals surface area contributed by atoms with Crippen LogP contribution in [0, 0.1) is 15.6 Å². The summed E-state index contributed by atoms with van der Waals surface area (Å²) in [5, 5.41) is 41.1. The maximum Gasteiger partial charge on any atom is 3.00 e. The first kappa shape index (κ1) is 39.9. The Balaban J connectivity index is 0. The van der Waals surface area contributed by atoms with E-state index in [0.717, 1.165) is 12.8 Å². The minimum atomic E-state index is -0.672. The van der Waals surface area contributed by atoms with Gasteiger partial charge in [0.05, 0.1) is 0 Å². The monoisotopic (exact) mass is 584 g/mol. The largest absolute Gasteiger partial charge is 3.00 e. The van der Waals surface area contributed by atoms with Gasteiger partial charge >= 0.3 is 17.4 Å². The fourth-order valence-corrected chi connectivity index (χ4v) is 3.42. The summed E-state index contributed by atoms with van der Waals surface area (Å²) in [6.07, 6.45) is 5.10. The average molecular weight is 585 g/mol. The molecule has 0 aliphatic carbocycles. The van der Waals surface area contributed by atoms with Crippen LogP contribution in [-0.2, 0) is 24.0 Å². The molecule has 0 bridgehead atoms. The van der Waals surface area contributed by atoms with Crippen LogP contribution in [0.15, 0.2) is 0 Å². The van der Waals surface area contributed by atoms with Gasteiger partial charge < -0.3 is 47.2 Å². The van der Waals surface area contributed by atoms with Crippen LogP contribution < -0.4 is 16.4 Å². The Morgan fingerprint density at radius 2 is 0.950 bits per heavy atom. The fraction of sp³-hybridized carbons (Fsp3) is 0.800. The second-order valence-electron chi connectivity index (χ2n) is 9.28. The van der Waals surface area contributed by atoms with Gasteiger partial charge in [0.25, 0.3) is 0 Å². The van der Waals surface area contributed by atoms with Crippen LogP contribution in [0.4, 0.5) is 0 Å². The molecule has 0 aromatic rings. The molecular formula is C25H45AlN6O8. The van der Waals surface area contributed by atoms with E-state index in [4.69, 9.17) is 5.73 Å². The number of carbonyl (C=O) groups is 5. The number of amides is 5. The van der Waals surface area contributed by atoms with Crippen LogP contribution in [0.2, 0.25) is 0 Å². The fourth-order valence-electron chi connectivity index (χ4n) is 3.42. The van der Waals surface area contributed by atoms with Crippen molar-refractivity contribution < 1.29 is 24.0 Å². The van der Waals surface area contributed by atoms with Gasteiger partial charge in [0.1, 0.15) is 0 Å². The molecule has 14 nitrogen and oxygen atoms in total. The third-order valence-corrected chi connectivity index (χ3v) is 5.83. The van der Waals surface area contributed by atoms with E-state index in [1.807, 2.05) is 0 Å². The molecule has 4 N–H and O–H groups in total. The molecule has 0 aliphatic heterocycles. The molecule has 0 atom stereocenters. The van der Waals surface area contributed by atoms with Gasteiger partial charge in [-0.15, -0.1) is 0 Å². The molecule has 5 amide bonds. The van der Waals surface area contributed by atoms with Crippen LogP contribution in [0.3, 0.4) is 0 Å². The quantitative estimate of drug-likeness (QED) is 0.0881. The molecule has 0 aromatic carbocycles. The molecule has 0 saturated carbocycles. The van der Waals surface area contributed by atoms with Crippen molar-refractivity contribution in [2.45, 2.75) is 90.4 Å². The summed E-state index contributed by atoms with van der Waals surface area (Å²) in [6, 6.07) is 0. The zero-order chi connectivity index (χ0) is 29.5. The Labute approximate surface area is 247 Å². The van der Waals surface area contributed by atoms with E-state index in [1.54, 1.807) is 0 Å². The van der Waals surface area contributed by atoms with Crippen molar-refractivity contribution in [3.05, 3.63) is 15.6 Å². The Morgan fingerprint density at radius 3 is 1.32 bits per heavy atom. The van der Waals surface area contributed by atoms with Gasteiger partial charge in [0, 0.05) is 65.3 Å². The van der Waals surface area contributed by atoms with Crippen molar-refractivity contribution >= 4 is 46.9 Å². The molecule has 0 aliphatic rings. The smallest absolute Gasteiger partial charge is 0.756 e.